The van der Waals surface area contributed by atoms with Gasteiger partial charge in [0, 0.05) is 19.3 Å². The van der Waals surface area contributed by atoms with Crippen molar-refractivity contribution in [3.8, 4) is 6.07 Å². The number of benzene rings is 1. The van der Waals surface area contributed by atoms with Crippen LogP contribution in [0.15, 0.2) is 30.5 Å². The van der Waals surface area contributed by atoms with Crippen LogP contribution in [-0.4, -0.2) is 64.4 Å². The zero-order valence-electron chi connectivity index (χ0n) is 14.0. The highest BCUT2D eigenvalue weighted by Crippen LogP contribution is 2.16. The lowest BCUT2D eigenvalue weighted by atomic mass is 10.1. The highest BCUT2D eigenvalue weighted by molar-refractivity contribution is 5.99. The Labute approximate surface area is 149 Å². The lowest BCUT2D eigenvalue weighted by Crippen LogP contribution is -2.43. The molecule has 1 aliphatic rings. The van der Waals surface area contributed by atoms with Gasteiger partial charge in [-0.15, -0.1) is 10.2 Å². The number of aromatic amines is 1. The average Bonchev–Trinajstić information content (AvgIpc) is 3.22. The molecule has 10 nitrogen and oxygen atoms in total. The van der Waals surface area contributed by atoms with Gasteiger partial charge in [-0.25, -0.2) is 0 Å². The second-order valence-electron chi connectivity index (χ2n) is 5.49. The normalized spacial score (nSPS) is 15.3. The van der Waals surface area contributed by atoms with Crippen LogP contribution in [0.25, 0.3) is 5.57 Å². The number of H-pyrrole nitrogens is 1. The highest BCUT2D eigenvalue weighted by Gasteiger charge is 2.14. The number of nitrogens with one attached hydrogen (secondary N) is 3. The third-order valence-corrected chi connectivity index (χ3v) is 3.82. The molecule has 10 heteroatoms. The quantitative estimate of drug-likeness (QED) is 0.627. The number of allylic oxidation sites excluding steroid dienone is 1. The van der Waals surface area contributed by atoms with E-state index in [4.69, 9.17) is 4.74 Å². The van der Waals surface area contributed by atoms with Gasteiger partial charge >= 0.3 is 0 Å². The summed E-state index contributed by atoms with van der Waals surface area (Å²) in [6.07, 6.45) is 1.44. The smallest absolute Gasteiger partial charge is 0.254 e. The van der Waals surface area contributed by atoms with Crippen LogP contribution in [-0.2, 0) is 4.74 Å². The van der Waals surface area contributed by atoms with E-state index in [2.05, 4.69) is 36.2 Å². The molecule has 0 saturated carbocycles. The van der Waals surface area contributed by atoms with Gasteiger partial charge in [-0.3, -0.25) is 9.69 Å². The number of carbonyl (C=O) groups excluding carboxylic acids is 1. The van der Waals surface area contributed by atoms with Gasteiger partial charge < -0.3 is 15.4 Å². The van der Waals surface area contributed by atoms with Crippen molar-refractivity contribution in [2.75, 3.05) is 38.3 Å². The summed E-state index contributed by atoms with van der Waals surface area (Å²) < 4.78 is 5.29. The molecule has 2 heterocycles. The zero-order valence-corrected chi connectivity index (χ0v) is 14.0. The number of para-hydroxylation sites is 1. The molecule has 1 fully saturated rings. The predicted octanol–water partition coefficient (Wildman–Crippen LogP) is 0.196. The van der Waals surface area contributed by atoms with Crippen LogP contribution in [0.5, 0.6) is 0 Å². The number of amides is 1. The van der Waals surface area contributed by atoms with E-state index >= 15 is 0 Å². The van der Waals surface area contributed by atoms with E-state index in [1.807, 2.05) is 6.07 Å². The Hall–Kier alpha value is -3.29. The molecule has 0 aliphatic carbocycles. The monoisotopic (exact) mass is 354 g/mol. The predicted molar refractivity (Wildman–Crippen MR) is 92.6 cm³/mol. The fraction of sp³-hybridized carbons (Fsp3) is 0.312. The van der Waals surface area contributed by atoms with Crippen molar-refractivity contribution >= 4 is 17.2 Å². The minimum absolute atomic E-state index is 0.175. The number of morpholine rings is 1. The highest BCUT2D eigenvalue weighted by atomic mass is 16.5. The first-order chi connectivity index (χ1) is 12.8. The minimum atomic E-state index is -0.203. The molecule has 0 atom stereocenters. The van der Waals surface area contributed by atoms with Gasteiger partial charge in [0.15, 0.2) is 0 Å². The first-order valence-electron chi connectivity index (χ1n) is 8.06. The summed E-state index contributed by atoms with van der Waals surface area (Å²) in [6.45, 7) is 3.38. The van der Waals surface area contributed by atoms with Crippen molar-refractivity contribution in [2.45, 2.75) is 0 Å². The Morgan fingerprint density at radius 1 is 1.38 bits per heavy atom. The van der Waals surface area contributed by atoms with Crippen LogP contribution in [0.2, 0.25) is 0 Å². The Morgan fingerprint density at radius 3 is 2.92 bits per heavy atom. The Morgan fingerprint density at radius 2 is 2.19 bits per heavy atom. The molecular weight excluding hydrogens is 336 g/mol. The largest absolute Gasteiger partial charge is 0.379 e. The van der Waals surface area contributed by atoms with Gasteiger partial charge in [0.25, 0.3) is 5.91 Å². The number of nitriles is 1. The standard InChI is InChI=1S/C16H18N8O2/c17-9-12(15-20-22-23-21-15)10-18-14-4-2-1-3-13(14)16(25)19-11-24-5-7-26-8-6-24/h1-4,10,18H,5-8,11H2,(H,19,25)(H,20,21,22,23). The molecule has 2 aromatic rings. The van der Waals surface area contributed by atoms with E-state index < -0.39 is 0 Å². The van der Waals surface area contributed by atoms with Crippen LogP contribution in [0.3, 0.4) is 0 Å². The number of tetrazole rings is 1. The average molecular weight is 354 g/mol. The van der Waals surface area contributed by atoms with Crippen LogP contribution in [0, 0.1) is 11.3 Å². The molecule has 1 aliphatic heterocycles. The molecule has 0 bridgehead atoms. The van der Waals surface area contributed by atoms with Crippen molar-refractivity contribution in [3.05, 3.63) is 41.9 Å². The van der Waals surface area contributed by atoms with E-state index in [1.54, 1.807) is 24.3 Å². The summed E-state index contributed by atoms with van der Waals surface area (Å²) in [5, 5.41) is 28.3. The van der Waals surface area contributed by atoms with Gasteiger partial charge in [-0.1, -0.05) is 12.1 Å². The van der Waals surface area contributed by atoms with Gasteiger partial charge in [0.05, 0.1) is 31.1 Å². The van der Waals surface area contributed by atoms with Crippen molar-refractivity contribution in [3.63, 3.8) is 0 Å². The van der Waals surface area contributed by atoms with Crippen LogP contribution in [0.1, 0.15) is 16.2 Å². The zero-order chi connectivity index (χ0) is 18.2. The number of hydrogen-bond donors (Lipinski definition) is 3. The van der Waals surface area contributed by atoms with Gasteiger partial charge in [0.2, 0.25) is 5.82 Å². The number of ether oxygens (including phenoxy) is 1. The van der Waals surface area contributed by atoms with Crippen LogP contribution < -0.4 is 10.6 Å². The molecular formula is C16H18N8O2. The fourth-order valence-corrected chi connectivity index (χ4v) is 2.42. The lowest BCUT2D eigenvalue weighted by Gasteiger charge is -2.26. The molecule has 0 spiro atoms. The Kier molecular flexibility index (Phi) is 5.87. The molecule has 26 heavy (non-hydrogen) atoms. The van der Waals surface area contributed by atoms with Crippen LogP contribution in [0.4, 0.5) is 5.69 Å². The number of anilines is 1. The Bertz CT molecular complexity index is 806. The number of hydrogen-bond acceptors (Lipinski definition) is 8. The molecule has 0 radical (unpaired) electrons. The second-order valence-corrected chi connectivity index (χ2v) is 5.49. The van der Waals surface area contributed by atoms with Gasteiger partial charge in [-0.05, 0) is 17.3 Å². The van der Waals surface area contributed by atoms with E-state index in [1.165, 1.54) is 6.20 Å². The van der Waals surface area contributed by atoms with E-state index in [0.29, 0.717) is 31.1 Å². The minimum Gasteiger partial charge on any atom is -0.379 e. The van der Waals surface area contributed by atoms with E-state index in [0.717, 1.165) is 13.1 Å². The summed E-state index contributed by atoms with van der Waals surface area (Å²) in [4.78, 5) is 14.6. The lowest BCUT2D eigenvalue weighted by molar-refractivity contribution is 0.0334. The first-order valence-corrected chi connectivity index (χ1v) is 8.06. The van der Waals surface area contributed by atoms with E-state index in [9.17, 15) is 10.1 Å². The molecule has 1 amide bonds. The van der Waals surface area contributed by atoms with Crippen LogP contribution >= 0.6 is 0 Å². The summed E-state index contributed by atoms with van der Waals surface area (Å²) in [5.74, 6) is -0.0275. The maximum Gasteiger partial charge on any atom is 0.254 e. The summed E-state index contributed by atoms with van der Waals surface area (Å²) in [6, 6.07) is 9.04. The summed E-state index contributed by atoms with van der Waals surface area (Å²) in [5.41, 5.74) is 1.24. The summed E-state index contributed by atoms with van der Waals surface area (Å²) >= 11 is 0. The third kappa shape index (κ3) is 4.41. The molecule has 134 valence electrons. The maximum atomic E-state index is 12.5. The van der Waals surface area contributed by atoms with Crippen molar-refractivity contribution in [2.24, 2.45) is 0 Å². The second kappa shape index (κ2) is 8.70. The van der Waals surface area contributed by atoms with Gasteiger partial charge in [0.1, 0.15) is 11.6 Å². The molecule has 1 aromatic carbocycles. The molecule has 1 saturated heterocycles. The SMILES string of the molecule is N#CC(=CNc1ccccc1C(=O)NCN1CCOCC1)c1nn[nH]n1. The number of carbonyl (C=O) groups is 1. The third-order valence-electron chi connectivity index (χ3n) is 3.82. The number of aromatic nitrogens is 4. The number of nitrogens with zero attached hydrogens (tertiary/aromatic N) is 5. The van der Waals surface area contributed by atoms with Gasteiger partial charge in [-0.2, -0.15) is 10.5 Å². The topological polar surface area (TPSA) is 132 Å². The summed E-state index contributed by atoms with van der Waals surface area (Å²) in [7, 11) is 0. The number of rotatable bonds is 6. The maximum absolute atomic E-state index is 12.5. The molecule has 3 rings (SSSR count). The first kappa shape index (κ1) is 17.5. The van der Waals surface area contributed by atoms with E-state index in [-0.39, 0.29) is 17.3 Å². The van der Waals surface area contributed by atoms with Crippen molar-refractivity contribution < 1.29 is 9.53 Å². The molecule has 0 unspecified atom stereocenters. The molecule has 1 aromatic heterocycles. The van der Waals surface area contributed by atoms with Crippen molar-refractivity contribution in [1.82, 2.24) is 30.8 Å². The Balaban J connectivity index is 1.67. The fourth-order valence-electron chi connectivity index (χ4n) is 2.42. The van der Waals surface area contributed by atoms with Crippen molar-refractivity contribution in [1.29, 1.82) is 5.26 Å². The molecule has 3 N–H and O–H groups in total.